The first kappa shape index (κ1) is 18.2. The van der Waals surface area contributed by atoms with Crippen molar-refractivity contribution in [3.05, 3.63) is 48.0 Å². The molecule has 0 aliphatic rings. The van der Waals surface area contributed by atoms with Gasteiger partial charge in [-0.15, -0.1) is 0 Å². The van der Waals surface area contributed by atoms with Gasteiger partial charge in [0.25, 0.3) is 0 Å². The van der Waals surface area contributed by atoms with E-state index < -0.39 is 24.2 Å². The molecule has 122 valence electrons. The van der Waals surface area contributed by atoms with Crippen molar-refractivity contribution in [2.75, 3.05) is 13.2 Å². The van der Waals surface area contributed by atoms with E-state index in [4.69, 9.17) is 9.84 Å². The van der Waals surface area contributed by atoms with Crippen LogP contribution >= 0.6 is 0 Å². The summed E-state index contributed by atoms with van der Waals surface area (Å²) in [6.45, 7) is 4.91. The van der Waals surface area contributed by atoms with Gasteiger partial charge in [-0.2, -0.15) is 0 Å². The van der Waals surface area contributed by atoms with Gasteiger partial charge in [0.15, 0.2) is 0 Å². The van der Waals surface area contributed by atoms with Gasteiger partial charge in [-0.25, -0.2) is 4.79 Å². The maximum atomic E-state index is 11.5. The molecule has 0 bridgehead atoms. The van der Waals surface area contributed by atoms with Crippen molar-refractivity contribution < 1.29 is 24.9 Å². The lowest BCUT2D eigenvalue weighted by Gasteiger charge is -2.25. The Morgan fingerprint density at radius 2 is 1.95 bits per heavy atom. The number of aliphatic hydroxyl groups excluding tert-OH is 3. The number of benzene rings is 1. The molecule has 0 unspecified atom stereocenters. The standard InChI is InChI=1S/C16H23NO5/c1-11(2)13(9-18)15(20)14(19)8-17-16(21)22-10-12-6-4-3-5-7-12/h3-7,13-15,18-20H,1,8-10H2,2H3,(H,17,21)/t13-,14+,15-/m1/s1. The maximum absolute atomic E-state index is 11.5. The highest BCUT2D eigenvalue weighted by Gasteiger charge is 2.26. The second kappa shape index (κ2) is 9.19. The minimum Gasteiger partial charge on any atom is -0.445 e. The molecule has 6 nitrogen and oxygen atoms in total. The maximum Gasteiger partial charge on any atom is 0.407 e. The van der Waals surface area contributed by atoms with Crippen molar-refractivity contribution in [2.24, 2.45) is 5.92 Å². The Morgan fingerprint density at radius 3 is 2.50 bits per heavy atom. The molecular weight excluding hydrogens is 286 g/mol. The number of hydrogen-bond acceptors (Lipinski definition) is 5. The lowest BCUT2D eigenvalue weighted by molar-refractivity contribution is -0.0201. The van der Waals surface area contributed by atoms with E-state index in [1.807, 2.05) is 30.3 Å². The molecule has 22 heavy (non-hydrogen) atoms. The van der Waals surface area contributed by atoms with Crippen LogP contribution in [0.25, 0.3) is 0 Å². The molecule has 0 aliphatic carbocycles. The van der Waals surface area contributed by atoms with E-state index in [0.29, 0.717) is 5.57 Å². The number of carbonyl (C=O) groups excluding carboxylic acids is 1. The van der Waals surface area contributed by atoms with Crippen molar-refractivity contribution in [1.82, 2.24) is 5.32 Å². The number of alkyl carbamates (subject to hydrolysis) is 1. The fourth-order valence-corrected chi connectivity index (χ4v) is 1.91. The normalized spacial score (nSPS) is 14.7. The van der Waals surface area contributed by atoms with E-state index in [1.54, 1.807) is 6.92 Å². The largest absolute Gasteiger partial charge is 0.445 e. The summed E-state index contributed by atoms with van der Waals surface area (Å²) in [5, 5.41) is 31.3. The van der Waals surface area contributed by atoms with Gasteiger partial charge in [0, 0.05) is 12.5 Å². The first-order chi connectivity index (χ1) is 10.5. The molecule has 0 aromatic heterocycles. The Hall–Kier alpha value is -1.89. The number of ether oxygens (including phenoxy) is 1. The smallest absolute Gasteiger partial charge is 0.407 e. The van der Waals surface area contributed by atoms with Gasteiger partial charge in [-0.3, -0.25) is 0 Å². The lowest BCUT2D eigenvalue weighted by Crippen LogP contribution is -2.43. The van der Waals surface area contributed by atoms with E-state index in [0.717, 1.165) is 5.56 Å². The highest BCUT2D eigenvalue weighted by Crippen LogP contribution is 2.15. The molecule has 1 aromatic carbocycles. The number of rotatable bonds is 8. The summed E-state index contributed by atoms with van der Waals surface area (Å²) in [6.07, 6.45) is -3.12. The first-order valence-electron chi connectivity index (χ1n) is 7.02. The summed E-state index contributed by atoms with van der Waals surface area (Å²) in [7, 11) is 0. The van der Waals surface area contributed by atoms with Gasteiger partial charge in [-0.05, 0) is 12.5 Å². The number of nitrogens with one attached hydrogen (secondary N) is 1. The molecule has 0 saturated carbocycles. The summed E-state index contributed by atoms with van der Waals surface area (Å²) in [5.74, 6) is -0.642. The third-order valence-corrected chi connectivity index (χ3v) is 3.30. The minimum atomic E-state index is -1.22. The minimum absolute atomic E-state index is 0.121. The summed E-state index contributed by atoms with van der Waals surface area (Å²) < 4.78 is 4.98. The predicted molar refractivity (Wildman–Crippen MR) is 82.0 cm³/mol. The molecule has 0 spiro atoms. The van der Waals surface area contributed by atoms with Crippen LogP contribution in [0.2, 0.25) is 0 Å². The van der Waals surface area contributed by atoms with Gasteiger partial charge in [0.05, 0.1) is 18.8 Å². The molecule has 0 saturated heterocycles. The molecule has 0 heterocycles. The monoisotopic (exact) mass is 309 g/mol. The van der Waals surface area contributed by atoms with Crippen molar-refractivity contribution in [1.29, 1.82) is 0 Å². The van der Waals surface area contributed by atoms with Crippen LogP contribution < -0.4 is 5.32 Å². The van der Waals surface area contributed by atoms with E-state index in [9.17, 15) is 15.0 Å². The van der Waals surface area contributed by atoms with E-state index in [1.165, 1.54) is 0 Å². The lowest BCUT2D eigenvalue weighted by atomic mass is 9.92. The molecule has 6 heteroatoms. The van der Waals surface area contributed by atoms with Gasteiger partial charge < -0.3 is 25.4 Å². The number of hydrogen-bond donors (Lipinski definition) is 4. The van der Waals surface area contributed by atoms with E-state index in [-0.39, 0.29) is 19.8 Å². The van der Waals surface area contributed by atoms with Crippen molar-refractivity contribution in [3.63, 3.8) is 0 Å². The van der Waals surface area contributed by atoms with Crippen LogP contribution in [-0.4, -0.2) is 46.8 Å². The molecule has 0 fully saturated rings. The molecule has 3 atom stereocenters. The summed E-state index contributed by atoms with van der Waals surface area (Å²) in [6, 6.07) is 9.18. The number of amides is 1. The fourth-order valence-electron chi connectivity index (χ4n) is 1.91. The molecule has 1 aromatic rings. The third-order valence-electron chi connectivity index (χ3n) is 3.30. The van der Waals surface area contributed by atoms with Crippen LogP contribution in [0, 0.1) is 5.92 Å². The van der Waals surface area contributed by atoms with Crippen LogP contribution in [0.1, 0.15) is 12.5 Å². The topological polar surface area (TPSA) is 99.0 Å². The molecular formula is C16H23NO5. The van der Waals surface area contributed by atoms with Crippen LogP contribution in [0.3, 0.4) is 0 Å². The van der Waals surface area contributed by atoms with Crippen LogP contribution in [0.15, 0.2) is 42.5 Å². The van der Waals surface area contributed by atoms with Crippen LogP contribution in [0.4, 0.5) is 4.79 Å². The highest BCUT2D eigenvalue weighted by molar-refractivity contribution is 5.67. The molecule has 0 aliphatic heterocycles. The zero-order valence-electron chi connectivity index (χ0n) is 12.6. The molecule has 1 amide bonds. The summed E-state index contributed by atoms with van der Waals surface area (Å²) >= 11 is 0. The second-order valence-electron chi connectivity index (χ2n) is 5.14. The SMILES string of the molecule is C=C(C)[C@@H](CO)[C@@H](O)[C@@H](O)CNC(=O)OCc1ccccc1. The number of aliphatic hydroxyl groups is 3. The second-order valence-corrected chi connectivity index (χ2v) is 5.14. The highest BCUT2D eigenvalue weighted by atomic mass is 16.5. The summed E-state index contributed by atoms with van der Waals surface area (Å²) in [5.41, 5.74) is 1.40. The summed E-state index contributed by atoms with van der Waals surface area (Å²) in [4.78, 5) is 11.5. The fraction of sp³-hybridized carbons (Fsp3) is 0.438. The quantitative estimate of drug-likeness (QED) is 0.533. The van der Waals surface area contributed by atoms with Crippen molar-refractivity contribution >= 4 is 6.09 Å². The Kier molecular flexibility index (Phi) is 7.59. The van der Waals surface area contributed by atoms with Crippen molar-refractivity contribution in [3.8, 4) is 0 Å². The third kappa shape index (κ3) is 5.85. The number of carbonyl (C=O) groups is 1. The Balaban J connectivity index is 2.35. The van der Waals surface area contributed by atoms with Crippen LogP contribution in [0.5, 0.6) is 0 Å². The zero-order valence-corrected chi connectivity index (χ0v) is 12.6. The Labute approximate surface area is 130 Å². The Bertz CT molecular complexity index is 477. The van der Waals surface area contributed by atoms with Crippen LogP contribution in [-0.2, 0) is 11.3 Å². The zero-order chi connectivity index (χ0) is 16.5. The van der Waals surface area contributed by atoms with Gasteiger partial charge >= 0.3 is 6.09 Å². The first-order valence-corrected chi connectivity index (χ1v) is 7.02. The molecule has 4 N–H and O–H groups in total. The Morgan fingerprint density at radius 1 is 1.32 bits per heavy atom. The van der Waals surface area contributed by atoms with Gasteiger partial charge in [-0.1, -0.05) is 42.5 Å². The average molecular weight is 309 g/mol. The predicted octanol–water partition coefficient (Wildman–Crippen LogP) is 0.819. The average Bonchev–Trinajstić information content (AvgIpc) is 2.51. The van der Waals surface area contributed by atoms with E-state index in [2.05, 4.69) is 11.9 Å². The van der Waals surface area contributed by atoms with Gasteiger partial charge in [0.1, 0.15) is 6.61 Å². The molecule has 0 radical (unpaired) electrons. The van der Waals surface area contributed by atoms with Crippen molar-refractivity contribution in [2.45, 2.75) is 25.7 Å². The molecule has 1 rings (SSSR count). The van der Waals surface area contributed by atoms with Gasteiger partial charge in [0.2, 0.25) is 0 Å². The van der Waals surface area contributed by atoms with E-state index >= 15 is 0 Å².